The van der Waals surface area contributed by atoms with E-state index in [-0.39, 0.29) is 20.1 Å². The zero-order valence-corrected chi connectivity index (χ0v) is 19.4. The number of benzene rings is 2. The minimum Gasteiger partial charge on any atom is -0.304 e. The van der Waals surface area contributed by atoms with Crippen LogP contribution in [-0.4, -0.2) is 14.8 Å². The van der Waals surface area contributed by atoms with Gasteiger partial charge < -0.3 is 4.98 Å². The largest absolute Gasteiger partial charge is 0.304 e. The summed E-state index contributed by atoms with van der Waals surface area (Å²) >= 11 is 0. The number of hydrogen-bond acceptors (Lipinski definition) is 2. The van der Waals surface area contributed by atoms with E-state index in [1.54, 1.807) is 10.9 Å². The van der Waals surface area contributed by atoms with Crippen molar-refractivity contribution in [2.24, 2.45) is 5.41 Å². The molecule has 2 heterocycles. The Kier molecular flexibility index (Phi) is 8.50. The van der Waals surface area contributed by atoms with Crippen molar-refractivity contribution in [3.05, 3.63) is 103 Å². The number of hydrogen-bond donors (Lipinski definition) is 0. The summed E-state index contributed by atoms with van der Waals surface area (Å²) in [6.07, 6.45) is 6.67. The quantitative estimate of drug-likeness (QED) is 0.297. The van der Waals surface area contributed by atoms with Gasteiger partial charge in [0.2, 0.25) is 0 Å². The van der Waals surface area contributed by atoms with E-state index >= 15 is 0 Å². The summed E-state index contributed by atoms with van der Waals surface area (Å²) in [4.78, 5) is 4.50. The Morgan fingerprint density at radius 3 is 2.17 bits per heavy atom. The van der Waals surface area contributed by atoms with Crippen LogP contribution in [0, 0.1) is 17.5 Å². The molecule has 0 N–H and O–H groups in total. The fourth-order valence-corrected chi connectivity index (χ4v) is 2.79. The molecular formula is C25H25IrN3-2. The van der Waals surface area contributed by atoms with E-state index in [1.807, 2.05) is 67.0 Å². The summed E-state index contributed by atoms with van der Waals surface area (Å²) < 4.78 is 1.78. The second-order valence-electron chi connectivity index (χ2n) is 7.76. The fourth-order valence-electron chi connectivity index (χ4n) is 2.79. The van der Waals surface area contributed by atoms with Gasteiger partial charge in [0, 0.05) is 38.7 Å². The third kappa shape index (κ3) is 7.41. The maximum atomic E-state index is 4.50. The standard InChI is InChI=1S/C16H18N.C9H7N2.Ir/c1-16(2,3)11-13-9-10-15(17-12-13)14-7-5-4-6-8-14;1-2-5-9(6-3-1)11-8-4-7-10-11;/h4-7,9-10,12H,11H2,1-3H3;1-5,7-8H;/q2*-1;. The molecule has 0 aliphatic rings. The van der Waals surface area contributed by atoms with Gasteiger partial charge in [-0.1, -0.05) is 32.9 Å². The molecule has 0 atom stereocenters. The molecule has 4 heteroatoms. The van der Waals surface area contributed by atoms with Crippen LogP contribution in [0.3, 0.4) is 0 Å². The number of pyridine rings is 1. The Morgan fingerprint density at radius 1 is 0.897 bits per heavy atom. The maximum absolute atomic E-state index is 4.50. The molecule has 0 bridgehead atoms. The van der Waals surface area contributed by atoms with Crippen LogP contribution >= 0.6 is 0 Å². The smallest absolute Gasteiger partial charge is 0.0493 e. The molecule has 0 aliphatic heterocycles. The molecular weight excluding hydrogens is 535 g/mol. The Hall–Kier alpha value is -2.55. The summed E-state index contributed by atoms with van der Waals surface area (Å²) in [5, 5.41) is 4.07. The van der Waals surface area contributed by atoms with Crippen LogP contribution < -0.4 is 0 Å². The molecule has 4 aromatic rings. The van der Waals surface area contributed by atoms with Gasteiger partial charge >= 0.3 is 0 Å². The second kappa shape index (κ2) is 10.8. The van der Waals surface area contributed by atoms with E-state index in [0.717, 1.165) is 23.4 Å². The fraction of sp³-hybridized carbons (Fsp3) is 0.200. The molecule has 0 aliphatic carbocycles. The first-order valence-electron chi connectivity index (χ1n) is 9.40. The van der Waals surface area contributed by atoms with Crippen LogP contribution in [0.5, 0.6) is 0 Å². The molecule has 29 heavy (non-hydrogen) atoms. The van der Waals surface area contributed by atoms with Crippen LogP contribution in [0.15, 0.2) is 85.3 Å². The molecule has 2 aromatic carbocycles. The minimum atomic E-state index is 0. The van der Waals surface area contributed by atoms with Crippen molar-refractivity contribution in [1.82, 2.24) is 14.8 Å². The van der Waals surface area contributed by atoms with Gasteiger partial charge in [-0.3, -0.25) is 4.68 Å². The van der Waals surface area contributed by atoms with Crippen LogP contribution in [0.25, 0.3) is 16.9 Å². The van der Waals surface area contributed by atoms with E-state index in [9.17, 15) is 0 Å². The van der Waals surface area contributed by atoms with E-state index in [1.165, 1.54) is 5.56 Å². The molecule has 0 amide bonds. The Morgan fingerprint density at radius 2 is 1.66 bits per heavy atom. The zero-order valence-electron chi connectivity index (χ0n) is 17.0. The predicted octanol–water partition coefficient (Wildman–Crippen LogP) is 5.81. The first-order chi connectivity index (χ1) is 13.5. The van der Waals surface area contributed by atoms with E-state index in [0.29, 0.717) is 5.41 Å². The summed E-state index contributed by atoms with van der Waals surface area (Å²) in [5.41, 5.74) is 4.61. The van der Waals surface area contributed by atoms with Gasteiger partial charge in [-0.25, -0.2) is 0 Å². The van der Waals surface area contributed by atoms with Crippen molar-refractivity contribution < 1.29 is 20.1 Å². The van der Waals surface area contributed by atoms with E-state index in [4.69, 9.17) is 0 Å². The topological polar surface area (TPSA) is 30.7 Å². The van der Waals surface area contributed by atoms with E-state index < -0.39 is 0 Å². The van der Waals surface area contributed by atoms with Gasteiger partial charge in [0.15, 0.2) is 0 Å². The normalized spacial score (nSPS) is 10.4. The minimum absolute atomic E-state index is 0. The van der Waals surface area contributed by atoms with Crippen LogP contribution in [0.2, 0.25) is 0 Å². The number of nitrogens with zero attached hydrogens (tertiary/aromatic N) is 3. The van der Waals surface area contributed by atoms with Crippen molar-refractivity contribution in [2.45, 2.75) is 27.2 Å². The Bertz CT molecular complexity index is 943. The molecule has 0 spiro atoms. The zero-order chi connectivity index (χ0) is 19.8. The summed E-state index contributed by atoms with van der Waals surface area (Å²) in [6, 6.07) is 28.1. The number of para-hydroxylation sites is 1. The molecule has 0 saturated carbocycles. The first-order valence-corrected chi connectivity index (χ1v) is 9.40. The molecule has 4 rings (SSSR count). The van der Waals surface area contributed by atoms with Gasteiger partial charge in [0.1, 0.15) is 0 Å². The van der Waals surface area contributed by atoms with Crippen molar-refractivity contribution in [3.63, 3.8) is 0 Å². The Balaban J connectivity index is 0.000000217. The third-order valence-electron chi connectivity index (χ3n) is 3.99. The molecule has 3 nitrogen and oxygen atoms in total. The van der Waals surface area contributed by atoms with Crippen LogP contribution in [0.4, 0.5) is 0 Å². The number of aromatic nitrogens is 3. The van der Waals surface area contributed by atoms with Crippen LogP contribution in [-0.2, 0) is 26.5 Å². The predicted molar refractivity (Wildman–Crippen MR) is 114 cm³/mol. The summed E-state index contributed by atoms with van der Waals surface area (Å²) in [7, 11) is 0. The first kappa shape index (κ1) is 22.7. The van der Waals surface area contributed by atoms with Crippen molar-refractivity contribution in [2.75, 3.05) is 0 Å². The van der Waals surface area contributed by atoms with Gasteiger partial charge in [-0.15, -0.1) is 42.0 Å². The average molecular weight is 560 g/mol. The average Bonchev–Trinajstić information content (AvgIpc) is 3.24. The van der Waals surface area contributed by atoms with Gasteiger partial charge in [-0.2, -0.15) is 29.4 Å². The van der Waals surface area contributed by atoms with Crippen molar-refractivity contribution in [3.8, 4) is 16.9 Å². The van der Waals surface area contributed by atoms with Crippen LogP contribution in [0.1, 0.15) is 26.3 Å². The molecule has 0 saturated heterocycles. The van der Waals surface area contributed by atoms with Gasteiger partial charge in [0.05, 0.1) is 0 Å². The maximum Gasteiger partial charge on any atom is 0.0493 e. The van der Waals surface area contributed by atoms with Crippen molar-refractivity contribution >= 4 is 0 Å². The third-order valence-corrected chi connectivity index (χ3v) is 3.99. The molecule has 151 valence electrons. The van der Waals surface area contributed by atoms with E-state index in [2.05, 4.69) is 55.1 Å². The monoisotopic (exact) mass is 560 g/mol. The second-order valence-corrected chi connectivity index (χ2v) is 7.76. The molecule has 0 fully saturated rings. The van der Waals surface area contributed by atoms with Gasteiger partial charge in [-0.05, 0) is 34.8 Å². The Labute approximate surface area is 187 Å². The number of rotatable bonds is 3. The molecule has 0 unspecified atom stereocenters. The summed E-state index contributed by atoms with van der Waals surface area (Å²) in [6.45, 7) is 6.73. The van der Waals surface area contributed by atoms with Crippen molar-refractivity contribution in [1.29, 1.82) is 0 Å². The molecule has 2 aromatic heterocycles. The molecule has 1 radical (unpaired) electrons. The summed E-state index contributed by atoms with van der Waals surface area (Å²) in [5.74, 6) is 0. The SMILES string of the molecule is CC(C)(C)Cc1ccc(-c2[c-]cccc2)nc1.[Ir].[c-]1ccccc1-n1cccn1. The van der Waals surface area contributed by atoms with Gasteiger partial charge in [0.25, 0.3) is 0 Å².